The molecule has 0 radical (unpaired) electrons. The Bertz CT molecular complexity index is 774. The molecular weight excluding hydrogens is 327 g/mol. The highest BCUT2D eigenvalue weighted by Crippen LogP contribution is 2.37. The van der Waals surface area contributed by atoms with E-state index in [-0.39, 0.29) is 11.1 Å². The van der Waals surface area contributed by atoms with Crippen molar-refractivity contribution in [1.29, 1.82) is 5.26 Å². The number of halogens is 2. The van der Waals surface area contributed by atoms with E-state index in [1.807, 2.05) is 13.1 Å². The lowest BCUT2D eigenvalue weighted by molar-refractivity contribution is 0.281. The first-order valence-corrected chi connectivity index (χ1v) is 8.22. The third-order valence-corrected chi connectivity index (χ3v) is 4.83. The number of nitrogens with zero attached hydrogens (tertiary/aromatic N) is 3. The Kier molecular flexibility index (Phi) is 4.98. The van der Waals surface area contributed by atoms with Crippen LogP contribution in [0.5, 0.6) is 0 Å². The molecule has 6 heteroatoms. The highest BCUT2D eigenvalue weighted by Gasteiger charge is 2.33. The Balaban J connectivity index is 1.77. The van der Waals surface area contributed by atoms with Gasteiger partial charge in [-0.3, -0.25) is 4.90 Å². The number of likely N-dealkylation sites (tertiary alicyclic amines) is 1. The number of nitriles is 1. The molecule has 2 aromatic rings. The highest BCUT2D eigenvalue weighted by molar-refractivity contribution is 6.30. The van der Waals surface area contributed by atoms with Gasteiger partial charge in [0.25, 0.3) is 0 Å². The average molecular weight is 345 g/mol. The molecule has 0 spiro atoms. The number of benzene rings is 1. The maximum atomic E-state index is 13.8. The minimum absolute atomic E-state index is 0.110. The molecule has 0 bridgehead atoms. The lowest BCUT2D eigenvalue weighted by Crippen LogP contribution is -2.25. The smallest absolute Gasteiger partial charge is 0.143 e. The van der Waals surface area contributed by atoms with E-state index < -0.39 is 5.82 Å². The van der Waals surface area contributed by atoms with Gasteiger partial charge in [0.1, 0.15) is 17.7 Å². The molecule has 3 rings (SSSR count). The number of nitrogens with one attached hydrogen (secondary N) is 1. The Morgan fingerprint density at radius 1 is 1.46 bits per heavy atom. The molecule has 0 saturated carbocycles. The molecule has 0 amide bonds. The van der Waals surface area contributed by atoms with Gasteiger partial charge in [0.15, 0.2) is 0 Å². The van der Waals surface area contributed by atoms with E-state index in [4.69, 9.17) is 16.9 Å². The predicted molar refractivity (Wildman–Crippen MR) is 92.3 cm³/mol. The molecule has 1 fully saturated rings. The summed E-state index contributed by atoms with van der Waals surface area (Å²) in [5.74, 6) is 0.498. The Morgan fingerprint density at radius 2 is 2.29 bits per heavy atom. The van der Waals surface area contributed by atoms with Crippen LogP contribution in [0.25, 0.3) is 0 Å². The van der Waals surface area contributed by atoms with Crippen LogP contribution in [-0.2, 0) is 0 Å². The van der Waals surface area contributed by atoms with E-state index >= 15 is 0 Å². The maximum Gasteiger partial charge on any atom is 0.143 e. The van der Waals surface area contributed by atoms with Crippen molar-refractivity contribution in [3.8, 4) is 6.07 Å². The lowest BCUT2D eigenvalue weighted by Gasteiger charge is -2.26. The largest absolute Gasteiger partial charge is 0.369 e. The quantitative estimate of drug-likeness (QED) is 0.915. The number of hydrogen-bond donors (Lipinski definition) is 1. The van der Waals surface area contributed by atoms with Crippen molar-refractivity contribution < 1.29 is 4.39 Å². The third kappa shape index (κ3) is 3.35. The number of hydrogen-bond acceptors (Lipinski definition) is 4. The van der Waals surface area contributed by atoms with Crippen LogP contribution in [0.15, 0.2) is 36.5 Å². The molecule has 1 aromatic heterocycles. The van der Waals surface area contributed by atoms with Gasteiger partial charge in [-0.05, 0) is 55.8 Å². The maximum absolute atomic E-state index is 13.8. The fraction of sp³-hybridized carbons (Fsp3) is 0.333. The first-order valence-electron chi connectivity index (χ1n) is 7.84. The number of rotatable bonds is 4. The lowest BCUT2D eigenvalue weighted by atomic mass is 9.93. The van der Waals surface area contributed by atoms with E-state index in [2.05, 4.69) is 21.3 Å². The predicted octanol–water partition coefficient (Wildman–Crippen LogP) is 3.85. The first kappa shape index (κ1) is 16.7. The zero-order chi connectivity index (χ0) is 17.1. The summed E-state index contributed by atoms with van der Waals surface area (Å²) in [6, 6.07) is 10.7. The van der Waals surface area contributed by atoms with Gasteiger partial charge >= 0.3 is 0 Å². The van der Waals surface area contributed by atoms with Crippen molar-refractivity contribution >= 4 is 17.4 Å². The van der Waals surface area contributed by atoms with Gasteiger partial charge < -0.3 is 5.32 Å². The van der Waals surface area contributed by atoms with Crippen LogP contribution in [0.1, 0.15) is 23.6 Å². The van der Waals surface area contributed by atoms with Crippen LogP contribution < -0.4 is 5.32 Å². The van der Waals surface area contributed by atoms with E-state index in [1.54, 1.807) is 24.4 Å². The molecular formula is C18H18ClFN4. The summed E-state index contributed by atoms with van der Waals surface area (Å²) in [7, 11) is 2.04. The van der Waals surface area contributed by atoms with Gasteiger partial charge in [0.05, 0.1) is 10.6 Å². The van der Waals surface area contributed by atoms with Gasteiger partial charge in [-0.2, -0.15) is 5.26 Å². The monoisotopic (exact) mass is 344 g/mol. The Labute approximate surface area is 145 Å². The molecule has 24 heavy (non-hydrogen) atoms. The van der Waals surface area contributed by atoms with E-state index in [9.17, 15) is 4.39 Å². The summed E-state index contributed by atoms with van der Waals surface area (Å²) in [5, 5.41) is 12.6. The zero-order valence-corrected chi connectivity index (χ0v) is 14.1. The van der Waals surface area contributed by atoms with E-state index in [0.717, 1.165) is 18.5 Å². The van der Waals surface area contributed by atoms with Crippen molar-refractivity contribution in [1.82, 2.24) is 9.88 Å². The SMILES string of the molecule is CN1CCC(CNc2ncccc2C#N)C1c1ccc(Cl)c(F)c1. The summed E-state index contributed by atoms with van der Waals surface area (Å²) < 4.78 is 13.8. The second-order valence-electron chi connectivity index (χ2n) is 6.04. The van der Waals surface area contributed by atoms with Crippen molar-refractivity contribution in [2.75, 3.05) is 25.5 Å². The molecule has 1 saturated heterocycles. The van der Waals surface area contributed by atoms with Gasteiger partial charge in [0.2, 0.25) is 0 Å². The molecule has 1 aliphatic rings. The number of pyridine rings is 1. The molecule has 1 aromatic carbocycles. The third-order valence-electron chi connectivity index (χ3n) is 4.52. The first-order chi connectivity index (χ1) is 11.6. The minimum Gasteiger partial charge on any atom is -0.369 e. The topological polar surface area (TPSA) is 52.0 Å². The van der Waals surface area contributed by atoms with Crippen LogP contribution in [0, 0.1) is 23.1 Å². The van der Waals surface area contributed by atoms with Crippen LogP contribution in [0.2, 0.25) is 5.02 Å². The zero-order valence-electron chi connectivity index (χ0n) is 13.3. The molecule has 2 heterocycles. The molecule has 1 N–H and O–H groups in total. The molecule has 2 unspecified atom stereocenters. The second-order valence-corrected chi connectivity index (χ2v) is 6.45. The minimum atomic E-state index is -0.391. The second kappa shape index (κ2) is 7.16. The summed E-state index contributed by atoms with van der Waals surface area (Å²) >= 11 is 5.79. The summed E-state index contributed by atoms with van der Waals surface area (Å²) in [6.07, 6.45) is 2.66. The van der Waals surface area contributed by atoms with Crippen LogP contribution in [0.4, 0.5) is 10.2 Å². The number of anilines is 1. The Hall–Kier alpha value is -2.16. The molecule has 0 aliphatic carbocycles. The van der Waals surface area contributed by atoms with Crippen LogP contribution in [-0.4, -0.2) is 30.0 Å². The van der Waals surface area contributed by atoms with Gasteiger partial charge in [-0.25, -0.2) is 9.37 Å². The van der Waals surface area contributed by atoms with Crippen molar-refractivity contribution in [2.24, 2.45) is 5.92 Å². The molecule has 124 valence electrons. The highest BCUT2D eigenvalue weighted by atomic mass is 35.5. The van der Waals surface area contributed by atoms with Crippen molar-refractivity contribution in [3.63, 3.8) is 0 Å². The summed E-state index contributed by atoms with van der Waals surface area (Å²) in [4.78, 5) is 6.45. The van der Waals surface area contributed by atoms with Crippen LogP contribution >= 0.6 is 11.6 Å². The van der Waals surface area contributed by atoms with E-state index in [0.29, 0.717) is 23.8 Å². The normalized spacial score (nSPS) is 20.8. The fourth-order valence-electron chi connectivity index (χ4n) is 3.33. The van der Waals surface area contributed by atoms with Crippen molar-refractivity contribution in [3.05, 3.63) is 58.5 Å². The molecule has 4 nitrogen and oxygen atoms in total. The summed E-state index contributed by atoms with van der Waals surface area (Å²) in [6.45, 7) is 1.61. The van der Waals surface area contributed by atoms with Gasteiger partial charge in [0, 0.05) is 18.8 Å². The fourth-order valence-corrected chi connectivity index (χ4v) is 3.44. The van der Waals surface area contributed by atoms with Gasteiger partial charge in [-0.15, -0.1) is 0 Å². The average Bonchev–Trinajstić information content (AvgIpc) is 2.96. The van der Waals surface area contributed by atoms with Gasteiger partial charge in [-0.1, -0.05) is 17.7 Å². The molecule has 2 atom stereocenters. The standard InChI is InChI=1S/C18H18ClFN4/c1-24-8-6-14(11-23-18-13(10-21)3-2-7-22-18)17(24)12-4-5-15(19)16(20)9-12/h2-5,7,9,14,17H,6,8,11H2,1H3,(H,22,23). The summed E-state index contributed by atoms with van der Waals surface area (Å²) in [5.41, 5.74) is 1.45. The van der Waals surface area contributed by atoms with E-state index in [1.165, 1.54) is 6.07 Å². The van der Waals surface area contributed by atoms with Crippen molar-refractivity contribution in [2.45, 2.75) is 12.5 Å². The number of aromatic nitrogens is 1. The Morgan fingerprint density at radius 3 is 3.04 bits per heavy atom. The molecule has 1 aliphatic heterocycles. The van der Waals surface area contributed by atoms with Crippen LogP contribution in [0.3, 0.4) is 0 Å².